The van der Waals surface area contributed by atoms with Crippen molar-refractivity contribution in [1.29, 1.82) is 0 Å². The van der Waals surface area contributed by atoms with Crippen molar-refractivity contribution in [1.82, 2.24) is 0 Å². The zero-order chi connectivity index (χ0) is 30.5. The molecular weight excluding hydrogens is 551 g/mol. The molecule has 0 saturated carbocycles. The summed E-state index contributed by atoms with van der Waals surface area (Å²) < 4.78 is 10.3. The summed E-state index contributed by atoms with van der Waals surface area (Å²) in [5.41, 5.74) is 1.06. The molecule has 1 aliphatic rings. The predicted molar refractivity (Wildman–Crippen MR) is 180 cm³/mol. The Labute approximate surface area is 258 Å². The fourth-order valence-corrected chi connectivity index (χ4v) is 10.7. The van der Waals surface area contributed by atoms with Crippen molar-refractivity contribution >= 4 is 34.7 Å². The second kappa shape index (κ2) is 16.4. The lowest BCUT2D eigenvalue weighted by atomic mass is 9.89. The first-order valence-corrected chi connectivity index (χ1v) is 17.7. The molecule has 3 aromatic carbocycles. The first kappa shape index (κ1) is 32.4. The number of carbonyl (C=O) groups excluding carboxylic acids is 2. The second-order valence-corrected chi connectivity index (χ2v) is 14.9. The van der Waals surface area contributed by atoms with Gasteiger partial charge in [0.15, 0.2) is 0 Å². The number of allylic oxidation sites excluding steroid dienone is 2. The van der Waals surface area contributed by atoms with Gasteiger partial charge in [-0.2, -0.15) is 0 Å². The molecule has 0 atom stereocenters. The summed E-state index contributed by atoms with van der Waals surface area (Å²) in [6.45, 7) is 1.71. The van der Waals surface area contributed by atoms with Gasteiger partial charge in [-0.25, -0.2) is 0 Å². The van der Waals surface area contributed by atoms with Crippen LogP contribution in [0.2, 0.25) is 0 Å². The van der Waals surface area contributed by atoms with Gasteiger partial charge in [-0.3, -0.25) is 9.59 Å². The minimum Gasteiger partial charge on any atom is -0.489 e. The molecule has 0 radical (unpaired) electrons. The molecule has 0 N–H and O–H groups in total. The molecule has 0 amide bonds. The number of benzene rings is 3. The van der Waals surface area contributed by atoms with Gasteiger partial charge >= 0.3 is 0 Å². The van der Waals surface area contributed by atoms with Gasteiger partial charge in [0, 0.05) is 11.1 Å². The summed E-state index contributed by atoms with van der Waals surface area (Å²) >= 11 is 0. The molecule has 0 unspecified atom stereocenters. The van der Waals surface area contributed by atoms with Gasteiger partial charge in [-0.15, -0.1) is 0 Å². The van der Waals surface area contributed by atoms with Crippen LogP contribution >= 0.6 is 7.26 Å². The second-order valence-electron chi connectivity index (χ2n) is 11.3. The van der Waals surface area contributed by atoms with Crippen LogP contribution in [0, 0.1) is 0 Å². The number of carbonyl (C=O) groups is 2. The average molecular weight is 598 g/mol. The third-order valence-corrected chi connectivity index (χ3v) is 13.1. The van der Waals surface area contributed by atoms with E-state index in [-0.39, 0.29) is 23.1 Å². The topological polar surface area (TPSA) is 52.6 Å². The Bertz CT molecular complexity index is 1300. The Balaban J connectivity index is 1.23. The molecule has 4 nitrogen and oxygen atoms in total. The number of unbranched alkanes of at least 4 members (excludes halogenated alkanes) is 8. The zero-order valence-corrected chi connectivity index (χ0v) is 26.9. The van der Waals surface area contributed by atoms with Crippen molar-refractivity contribution in [2.45, 2.75) is 71.1 Å². The summed E-state index contributed by atoms with van der Waals surface area (Å²) in [4.78, 5) is 25.4. The molecule has 4 rings (SSSR count). The molecule has 0 heterocycles. The highest BCUT2D eigenvalue weighted by Crippen LogP contribution is 2.56. The number of ketones is 2. The molecule has 1 aliphatic carbocycles. The minimum atomic E-state index is -1.73. The van der Waals surface area contributed by atoms with Crippen LogP contribution in [-0.4, -0.2) is 31.9 Å². The Morgan fingerprint density at radius 2 is 0.884 bits per heavy atom. The molecule has 5 heteroatoms. The molecule has 0 aliphatic heterocycles. The maximum absolute atomic E-state index is 12.8. The first-order valence-electron chi connectivity index (χ1n) is 15.7. The Hall–Kier alpha value is -3.49. The predicted octanol–water partition coefficient (Wildman–Crippen LogP) is 7.85. The lowest BCUT2D eigenvalue weighted by Gasteiger charge is -2.27. The van der Waals surface area contributed by atoms with Gasteiger partial charge < -0.3 is 9.47 Å². The van der Waals surface area contributed by atoms with Crippen molar-refractivity contribution in [3.05, 3.63) is 114 Å². The van der Waals surface area contributed by atoms with Crippen molar-refractivity contribution in [3.8, 4) is 0 Å². The Kier molecular flexibility index (Phi) is 12.4. The summed E-state index contributed by atoms with van der Waals surface area (Å²) in [5, 5.41) is 4.39. The number of hydrogen-bond donors (Lipinski definition) is 0. The molecule has 0 spiro atoms. The van der Waals surface area contributed by atoms with Gasteiger partial charge in [0.1, 0.15) is 23.2 Å². The minimum absolute atomic E-state index is 0.0153. The fourth-order valence-electron chi connectivity index (χ4n) is 6.26. The van der Waals surface area contributed by atoms with Gasteiger partial charge in [-0.1, -0.05) is 93.1 Å². The quantitative estimate of drug-likeness (QED) is 0.0903. The van der Waals surface area contributed by atoms with Crippen molar-refractivity contribution < 1.29 is 19.1 Å². The number of hydrogen-bond acceptors (Lipinski definition) is 4. The van der Waals surface area contributed by atoms with Crippen LogP contribution in [0.4, 0.5) is 0 Å². The van der Waals surface area contributed by atoms with E-state index in [2.05, 4.69) is 91.0 Å². The van der Waals surface area contributed by atoms with Crippen molar-refractivity contribution in [2.75, 3.05) is 20.4 Å². The molecule has 0 saturated heterocycles. The van der Waals surface area contributed by atoms with E-state index in [1.807, 2.05) is 0 Å². The third kappa shape index (κ3) is 7.73. The van der Waals surface area contributed by atoms with Crippen molar-refractivity contribution in [2.24, 2.45) is 0 Å². The molecular formula is C38H46O4P+. The van der Waals surface area contributed by atoms with E-state index in [0.29, 0.717) is 17.6 Å². The normalized spacial score (nSPS) is 13.9. The van der Waals surface area contributed by atoms with Gasteiger partial charge in [0.25, 0.3) is 0 Å². The highest BCUT2D eigenvalue weighted by Gasteiger charge is 2.44. The monoisotopic (exact) mass is 597 g/mol. The van der Waals surface area contributed by atoms with Crippen LogP contribution in [0.1, 0.15) is 71.1 Å². The standard InChI is InChI=1S/C38H46O4P/c1-30-34(36(40)38(42-3)37(41-2)35(30)39)28-20-9-7-5-4-6-8-10-21-29-43(31-22-14-11-15-23-31,32-24-16-12-17-25-32)33-26-18-13-19-27-33/h11-19,22-27H,4-10,20-21,28-29H2,1-3H3/q+1. The first-order chi connectivity index (χ1) is 21.0. The zero-order valence-electron chi connectivity index (χ0n) is 26.0. The van der Waals surface area contributed by atoms with E-state index >= 15 is 0 Å². The molecule has 226 valence electrons. The molecule has 3 aromatic rings. The van der Waals surface area contributed by atoms with Crippen LogP contribution in [0.25, 0.3) is 0 Å². The lowest BCUT2D eigenvalue weighted by molar-refractivity contribution is -0.121. The van der Waals surface area contributed by atoms with Crippen molar-refractivity contribution in [3.63, 3.8) is 0 Å². The van der Waals surface area contributed by atoms with Gasteiger partial charge in [-0.05, 0) is 69.0 Å². The van der Waals surface area contributed by atoms with Crippen LogP contribution in [-0.2, 0) is 19.1 Å². The summed E-state index contributed by atoms with van der Waals surface area (Å²) in [5.74, 6) is -0.412. The highest BCUT2D eigenvalue weighted by atomic mass is 31.2. The molecule has 0 aromatic heterocycles. The Morgan fingerprint density at radius 1 is 0.512 bits per heavy atom. The largest absolute Gasteiger partial charge is 0.489 e. The number of ether oxygens (including phenoxy) is 2. The van der Waals surface area contributed by atoms with Crippen LogP contribution < -0.4 is 15.9 Å². The van der Waals surface area contributed by atoms with Crippen LogP contribution in [0.5, 0.6) is 0 Å². The van der Waals surface area contributed by atoms with Crippen LogP contribution in [0.15, 0.2) is 114 Å². The highest BCUT2D eigenvalue weighted by molar-refractivity contribution is 7.95. The summed E-state index contributed by atoms with van der Waals surface area (Å²) in [6.07, 6.45) is 12.3. The maximum Gasteiger partial charge on any atom is 0.228 e. The Morgan fingerprint density at radius 3 is 1.30 bits per heavy atom. The van der Waals surface area contributed by atoms with Gasteiger partial charge in [0.2, 0.25) is 23.1 Å². The van der Waals surface area contributed by atoms with E-state index in [4.69, 9.17) is 9.47 Å². The summed E-state index contributed by atoms with van der Waals surface area (Å²) in [6, 6.07) is 33.5. The van der Waals surface area contributed by atoms with Crippen LogP contribution in [0.3, 0.4) is 0 Å². The lowest BCUT2D eigenvalue weighted by Crippen LogP contribution is -2.33. The molecule has 43 heavy (non-hydrogen) atoms. The fraction of sp³-hybridized carbons (Fsp3) is 0.368. The van der Waals surface area contributed by atoms with E-state index < -0.39 is 7.26 Å². The number of Topliss-reactive ketones (excluding diaryl/α,β-unsaturated/α-hetero) is 2. The SMILES string of the molecule is COC1=C(OC)C(=O)C(CCCCCCCCCCC[P+](c2ccccc2)(c2ccccc2)c2ccccc2)=C(C)C1=O. The third-order valence-electron chi connectivity index (χ3n) is 8.61. The number of rotatable bonds is 17. The number of methoxy groups -OCH3 is 2. The van der Waals surface area contributed by atoms with E-state index in [1.165, 1.54) is 74.8 Å². The smallest absolute Gasteiger partial charge is 0.228 e. The van der Waals surface area contributed by atoms with E-state index in [9.17, 15) is 9.59 Å². The molecule has 0 bridgehead atoms. The van der Waals surface area contributed by atoms with Gasteiger partial charge in [0.05, 0.1) is 20.4 Å². The van der Waals surface area contributed by atoms with E-state index in [0.717, 1.165) is 19.3 Å². The molecule has 0 fully saturated rings. The van der Waals surface area contributed by atoms with E-state index in [1.54, 1.807) is 6.92 Å². The maximum atomic E-state index is 12.8. The summed E-state index contributed by atoms with van der Waals surface area (Å²) in [7, 11) is 1.07. The average Bonchev–Trinajstić information content (AvgIpc) is 3.06.